The number of rotatable bonds is 2. The van der Waals surface area contributed by atoms with E-state index in [1.807, 2.05) is 0 Å². The first kappa shape index (κ1) is 8.81. The van der Waals surface area contributed by atoms with Gasteiger partial charge in [-0.05, 0) is 20.8 Å². The minimum Gasteiger partial charge on any atom is -0.387 e. The molecule has 3 aliphatic rings. The van der Waals surface area contributed by atoms with Crippen LogP contribution in [0.25, 0.3) is 0 Å². The van der Waals surface area contributed by atoms with Gasteiger partial charge < -0.3 is 10.2 Å². The zero-order valence-electron chi connectivity index (χ0n) is 7.07. The van der Waals surface area contributed by atoms with E-state index < -0.39 is 25.8 Å². The molecule has 1 unspecified atom stereocenters. The fourth-order valence-electron chi connectivity index (χ4n) is 0.956. The second-order valence-electron chi connectivity index (χ2n) is 3.68. The van der Waals surface area contributed by atoms with Gasteiger partial charge in [0.15, 0.2) is 5.60 Å². The highest BCUT2D eigenvalue weighted by Gasteiger charge is 2.78. The molecule has 2 bridgehead atoms. The van der Waals surface area contributed by atoms with Crippen LogP contribution in [-0.2, 0) is 13.6 Å². The molecule has 3 saturated heterocycles. The fourth-order valence-corrected chi connectivity index (χ4v) is 2.12. The van der Waals surface area contributed by atoms with E-state index in [0.29, 0.717) is 0 Å². The maximum Gasteiger partial charge on any atom is 0.346 e. The van der Waals surface area contributed by atoms with Gasteiger partial charge in [-0.15, -0.1) is 0 Å². The lowest BCUT2D eigenvalue weighted by Gasteiger charge is -2.62. The van der Waals surface area contributed by atoms with Gasteiger partial charge in [0.1, 0.15) is 0 Å². The Bertz CT molecular complexity index is 203. The minimum atomic E-state index is -1.56. The molecule has 3 fully saturated rings. The maximum atomic E-state index is 9.85. The lowest BCUT2D eigenvalue weighted by Crippen LogP contribution is -2.74. The average molecular weight is 194 g/mol. The molecule has 3 rings (SSSR count). The van der Waals surface area contributed by atoms with E-state index in [9.17, 15) is 10.2 Å². The summed E-state index contributed by atoms with van der Waals surface area (Å²) in [5.74, 6) is -1.42. The third-order valence-corrected chi connectivity index (χ3v) is 3.54. The number of hydrogen-bond donors (Lipinski definition) is 2. The number of aliphatic hydroxyl groups is 2. The van der Waals surface area contributed by atoms with Gasteiger partial charge in [-0.2, -0.15) is 0 Å². The molecule has 0 amide bonds. The van der Waals surface area contributed by atoms with E-state index in [2.05, 4.69) is 0 Å². The zero-order chi connectivity index (χ0) is 9.20. The Morgan fingerprint density at radius 2 is 1.50 bits per heavy atom. The van der Waals surface area contributed by atoms with Crippen molar-refractivity contribution in [3.63, 3.8) is 0 Å². The summed E-state index contributed by atoms with van der Waals surface area (Å²) in [7, 11) is -1.21. The number of hydrogen-bond acceptors (Lipinski definition) is 5. The maximum absolute atomic E-state index is 9.85. The molecule has 6 heteroatoms. The van der Waals surface area contributed by atoms with Crippen molar-refractivity contribution in [3.05, 3.63) is 0 Å². The van der Waals surface area contributed by atoms with Crippen LogP contribution < -0.4 is 0 Å². The highest BCUT2D eigenvalue weighted by molar-refractivity contribution is 7.45. The third kappa shape index (κ3) is 0.789. The topological polar surface area (TPSA) is 68.2 Å². The van der Waals surface area contributed by atoms with Gasteiger partial charge in [0, 0.05) is 0 Å². The van der Waals surface area contributed by atoms with Crippen molar-refractivity contribution in [2.45, 2.75) is 37.9 Å². The largest absolute Gasteiger partial charge is 0.387 e. The van der Waals surface area contributed by atoms with Crippen molar-refractivity contribution in [2.75, 3.05) is 0 Å². The Hall–Kier alpha value is 0.230. The lowest BCUT2D eigenvalue weighted by molar-refractivity contribution is -0.484. The summed E-state index contributed by atoms with van der Waals surface area (Å²) >= 11 is 0. The van der Waals surface area contributed by atoms with Crippen molar-refractivity contribution in [3.8, 4) is 0 Å². The van der Waals surface area contributed by atoms with Crippen molar-refractivity contribution in [1.29, 1.82) is 0 Å². The Morgan fingerprint density at radius 1 is 1.08 bits per heavy atom. The molecular weight excluding hydrogens is 183 g/mol. The molecule has 0 aromatic rings. The SMILES string of the molecule is CC(C)(O)C(C)(O)C12OP(O1)O2. The molecule has 2 N–H and O–H groups in total. The van der Waals surface area contributed by atoms with Crippen LogP contribution in [0, 0.1) is 0 Å². The first-order valence-corrected chi connectivity index (χ1v) is 4.70. The summed E-state index contributed by atoms with van der Waals surface area (Å²) in [6, 6.07) is 0. The normalized spacial score (nSPS) is 44.2. The smallest absolute Gasteiger partial charge is 0.346 e. The predicted octanol–water partition coefficient (Wildman–Crippen LogP) is 0.466. The van der Waals surface area contributed by atoms with Crippen LogP contribution in [-0.4, -0.2) is 27.4 Å². The van der Waals surface area contributed by atoms with Gasteiger partial charge >= 0.3 is 14.6 Å². The van der Waals surface area contributed by atoms with Crippen LogP contribution in [0.5, 0.6) is 0 Å². The highest BCUT2D eigenvalue weighted by atomic mass is 31.2. The van der Waals surface area contributed by atoms with Gasteiger partial charge in [0.2, 0.25) is 0 Å². The second-order valence-corrected chi connectivity index (χ2v) is 4.68. The predicted molar refractivity (Wildman–Crippen MR) is 39.8 cm³/mol. The summed E-state index contributed by atoms with van der Waals surface area (Å²) in [5, 5.41) is 19.4. The average Bonchev–Trinajstić information content (AvgIpc) is 1.48. The van der Waals surface area contributed by atoms with E-state index in [1.54, 1.807) is 0 Å². The molecule has 70 valence electrons. The molecule has 5 nitrogen and oxygen atoms in total. The quantitative estimate of drug-likeness (QED) is 0.625. The van der Waals surface area contributed by atoms with Gasteiger partial charge in [0.25, 0.3) is 0 Å². The van der Waals surface area contributed by atoms with Crippen molar-refractivity contribution in [2.24, 2.45) is 0 Å². The molecule has 0 aromatic heterocycles. The van der Waals surface area contributed by atoms with Crippen molar-refractivity contribution >= 4 is 8.60 Å². The Balaban J connectivity index is 2.20. The summed E-state index contributed by atoms with van der Waals surface area (Å²) in [6.45, 7) is 4.35. The second kappa shape index (κ2) is 2.00. The van der Waals surface area contributed by atoms with E-state index in [4.69, 9.17) is 13.6 Å². The first-order chi connectivity index (χ1) is 5.29. The Morgan fingerprint density at radius 3 is 1.58 bits per heavy atom. The molecule has 3 aliphatic heterocycles. The Labute approximate surface area is 71.2 Å². The van der Waals surface area contributed by atoms with E-state index in [0.717, 1.165) is 0 Å². The lowest BCUT2D eigenvalue weighted by atomic mass is 9.85. The molecule has 0 aliphatic carbocycles. The molecular formula is C6H11O5P. The van der Waals surface area contributed by atoms with Crippen LogP contribution in [0.15, 0.2) is 0 Å². The third-order valence-electron chi connectivity index (χ3n) is 2.37. The summed E-state index contributed by atoms with van der Waals surface area (Å²) < 4.78 is 15.1. The summed E-state index contributed by atoms with van der Waals surface area (Å²) in [6.07, 6.45) is 0. The van der Waals surface area contributed by atoms with Gasteiger partial charge in [-0.1, -0.05) is 0 Å². The van der Waals surface area contributed by atoms with Crippen molar-refractivity contribution in [1.82, 2.24) is 0 Å². The van der Waals surface area contributed by atoms with Crippen LogP contribution >= 0.6 is 8.60 Å². The highest BCUT2D eigenvalue weighted by Crippen LogP contribution is 2.77. The monoisotopic (exact) mass is 194 g/mol. The standard InChI is InChI=1S/C6H11O5P/c1-4(2,7)5(3,8)6-9-12(10-6)11-6/h7-8H,1-3H3. The van der Waals surface area contributed by atoms with Crippen LogP contribution in [0.2, 0.25) is 0 Å². The van der Waals surface area contributed by atoms with Crippen molar-refractivity contribution < 1.29 is 23.8 Å². The van der Waals surface area contributed by atoms with Crippen LogP contribution in [0.4, 0.5) is 0 Å². The van der Waals surface area contributed by atoms with E-state index in [1.165, 1.54) is 20.8 Å². The molecule has 3 heterocycles. The minimum absolute atomic E-state index is 1.21. The van der Waals surface area contributed by atoms with Gasteiger partial charge in [0.05, 0.1) is 5.60 Å². The molecule has 1 atom stereocenters. The fraction of sp³-hybridized carbons (Fsp3) is 1.00. The zero-order valence-corrected chi connectivity index (χ0v) is 7.96. The van der Waals surface area contributed by atoms with Crippen LogP contribution in [0.3, 0.4) is 0 Å². The van der Waals surface area contributed by atoms with Gasteiger partial charge in [-0.3, -0.25) is 13.6 Å². The van der Waals surface area contributed by atoms with E-state index in [-0.39, 0.29) is 0 Å². The molecule has 12 heavy (non-hydrogen) atoms. The summed E-state index contributed by atoms with van der Waals surface area (Å²) in [5.41, 5.74) is -2.90. The molecule has 0 saturated carbocycles. The molecule has 0 aromatic carbocycles. The summed E-state index contributed by atoms with van der Waals surface area (Å²) in [4.78, 5) is 0. The van der Waals surface area contributed by atoms with Crippen LogP contribution in [0.1, 0.15) is 20.8 Å². The van der Waals surface area contributed by atoms with Gasteiger partial charge in [-0.25, -0.2) is 0 Å². The molecule has 0 spiro atoms. The Kier molecular flexibility index (Phi) is 1.47. The molecule has 0 radical (unpaired) electrons. The van der Waals surface area contributed by atoms with E-state index >= 15 is 0 Å². The first-order valence-electron chi connectivity index (χ1n) is 3.61.